The number of amides is 1. The minimum absolute atomic E-state index is 0.212. The van der Waals surface area contributed by atoms with E-state index in [1.807, 2.05) is 30.2 Å². The maximum atomic E-state index is 11.8. The van der Waals surface area contributed by atoms with Crippen LogP contribution in [0, 0.1) is 0 Å². The van der Waals surface area contributed by atoms with Crippen molar-refractivity contribution in [1.29, 1.82) is 0 Å². The molecule has 0 aromatic carbocycles. The molecule has 2 rings (SSSR count). The van der Waals surface area contributed by atoms with Crippen molar-refractivity contribution in [2.24, 2.45) is 4.99 Å². The predicted molar refractivity (Wildman–Crippen MR) is 98.6 cm³/mol. The standard InChI is InChI=1S/C18H29N5O2/c1-4-10-25-16-7-6-14(11-20-16)12-21-18(19-3)22-15-8-9-23(13-15)17(24)5-2/h6-7,11,15H,4-5,8-10,12-13H2,1-3H3,(H2,19,21,22). The van der Waals surface area contributed by atoms with Gasteiger partial charge in [-0.1, -0.05) is 19.9 Å². The molecule has 0 spiro atoms. The van der Waals surface area contributed by atoms with Crippen molar-refractivity contribution in [2.45, 2.75) is 45.7 Å². The summed E-state index contributed by atoms with van der Waals surface area (Å²) in [4.78, 5) is 22.2. The number of rotatable bonds is 7. The Balaban J connectivity index is 1.78. The van der Waals surface area contributed by atoms with E-state index in [1.54, 1.807) is 7.05 Å². The first-order chi connectivity index (χ1) is 12.2. The number of hydrogen-bond donors (Lipinski definition) is 2. The fourth-order valence-electron chi connectivity index (χ4n) is 2.71. The Morgan fingerprint density at radius 1 is 1.44 bits per heavy atom. The molecule has 1 aliphatic heterocycles. The summed E-state index contributed by atoms with van der Waals surface area (Å²) >= 11 is 0. The molecule has 2 heterocycles. The third kappa shape index (κ3) is 5.92. The highest BCUT2D eigenvalue weighted by molar-refractivity contribution is 5.80. The van der Waals surface area contributed by atoms with Crippen LogP contribution >= 0.6 is 0 Å². The Hall–Kier alpha value is -2.31. The van der Waals surface area contributed by atoms with E-state index in [4.69, 9.17) is 4.74 Å². The molecule has 2 N–H and O–H groups in total. The summed E-state index contributed by atoms with van der Waals surface area (Å²) in [5, 5.41) is 6.67. The minimum Gasteiger partial charge on any atom is -0.478 e. The highest BCUT2D eigenvalue weighted by atomic mass is 16.5. The molecule has 0 saturated carbocycles. The molecule has 25 heavy (non-hydrogen) atoms. The van der Waals surface area contributed by atoms with Crippen molar-refractivity contribution in [3.05, 3.63) is 23.9 Å². The highest BCUT2D eigenvalue weighted by Gasteiger charge is 2.25. The van der Waals surface area contributed by atoms with Gasteiger partial charge in [0.15, 0.2) is 5.96 Å². The second kappa shape index (κ2) is 9.86. The summed E-state index contributed by atoms with van der Waals surface area (Å²) in [7, 11) is 1.75. The number of nitrogens with zero attached hydrogens (tertiary/aromatic N) is 3. The van der Waals surface area contributed by atoms with Gasteiger partial charge in [0.05, 0.1) is 6.61 Å². The lowest BCUT2D eigenvalue weighted by atomic mass is 10.2. The van der Waals surface area contributed by atoms with Gasteiger partial charge < -0.3 is 20.3 Å². The Labute approximate surface area is 149 Å². The molecule has 1 aliphatic rings. The Kier molecular flexibility index (Phi) is 7.50. The molecular weight excluding hydrogens is 318 g/mol. The normalized spacial score (nSPS) is 17.5. The number of guanidine groups is 1. The van der Waals surface area contributed by atoms with E-state index in [0.29, 0.717) is 25.5 Å². The molecular formula is C18H29N5O2. The molecule has 0 bridgehead atoms. The lowest BCUT2D eigenvalue weighted by Gasteiger charge is -2.18. The zero-order valence-electron chi connectivity index (χ0n) is 15.4. The van der Waals surface area contributed by atoms with Crippen LogP contribution < -0.4 is 15.4 Å². The minimum atomic E-state index is 0.212. The SMILES string of the molecule is CCCOc1ccc(CNC(=NC)NC2CCN(C(=O)CC)C2)cn1. The number of aliphatic imine (C=N–C) groups is 1. The van der Waals surface area contributed by atoms with Crippen molar-refractivity contribution < 1.29 is 9.53 Å². The molecule has 7 nitrogen and oxygen atoms in total. The summed E-state index contributed by atoms with van der Waals surface area (Å²) in [6.45, 7) is 6.82. The Morgan fingerprint density at radius 3 is 2.92 bits per heavy atom. The molecule has 0 aliphatic carbocycles. The quantitative estimate of drug-likeness (QED) is 0.578. The molecule has 138 valence electrons. The van der Waals surface area contributed by atoms with E-state index in [-0.39, 0.29) is 11.9 Å². The van der Waals surface area contributed by atoms with E-state index in [0.717, 1.165) is 37.5 Å². The van der Waals surface area contributed by atoms with E-state index in [9.17, 15) is 4.79 Å². The number of aromatic nitrogens is 1. The lowest BCUT2D eigenvalue weighted by Crippen LogP contribution is -2.44. The number of ether oxygens (including phenoxy) is 1. The molecule has 1 aromatic heterocycles. The van der Waals surface area contributed by atoms with Crippen LogP contribution in [0.5, 0.6) is 5.88 Å². The topological polar surface area (TPSA) is 78.9 Å². The van der Waals surface area contributed by atoms with Crippen LogP contribution in [0.2, 0.25) is 0 Å². The third-order valence-corrected chi connectivity index (χ3v) is 4.12. The van der Waals surface area contributed by atoms with Gasteiger partial charge in [-0.25, -0.2) is 4.98 Å². The molecule has 1 fully saturated rings. The average Bonchev–Trinajstić information content (AvgIpc) is 3.12. The largest absolute Gasteiger partial charge is 0.478 e. The fraction of sp³-hybridized carbons (Fsp3) is 0.611. The van der Waals surface area contributed by atoms with Gasteiger partial charge in [-0.2, -0.15) is 0 Å². The van der Waals surface area contributed by atoms with Crippen molar-refractivity contribution in [3.63, 3.8) is 0 Å². The fourth-order valence-corrected chi connectivity index (χ4v) is 2.71. The molecule has 7 heteroatoms. The van der Waals surface area contributed by atoms with Gasteiger partial charge in [0.25, 0.3) is 0 Å². The first kappa shape index (κ1) is 19.0. The van der Waals surface area contributed by atoms with Crippen LogP contribution in [-0.2, 0) is 11.3 Å². The van der Waals surface area contributed by atoms with E-state index >= 15 is 0 Å². The monoisotopic (exact) mass is 347 g/mol. The first-order valence-electron chi connectivity index (χ1n) is 8.99. The molecule has 1 amide bonds. The van der Waals surface area contributed by atoms with Gasteiger partial charge in [0.1, 0.15) is 0 Å². The number of nitrogens with one attached hydrogen (secondary N) is 2. The first-order valence-corrected chi connectivity index (χ1v) is 8.99. The van der Waals surface area contributed by atoms with Crippen molar-refractivity contribution in [3.8, 4) is 5.88 Å². The lowest BCUT2D eigenvalue weighted by molar-refractivity contribution is -0.129. The molecule has 1 unspecified atom stereocenters. The number of hydrogen-bond acceptors (Lipinski definition) is 4. The summed E-state index contributed by atoms with van der Waals surface area (Å²) in [6.07, 6.45) is 4.28. The maximum Gasteiger partial charge on any atom is 0.222 e. The zero-order chi connectivity index (χ0) is 18.1. The van der Waals surface area contributed by atoms with Gasteiger partial charge in [-0.3, -0.25) is 9.79 Å². The summed E-state index contributed by atoms with van der Waals surface area (Å²) < 4.78 is 5.48. The van der Waals surface area contributed by atoms with E-state index in [1.165, 1.54) is 0 Å². The van der Waals surface area contributed by atoms with E-state index in [2.05, 4.69) is 27.5 Å². The van der Waals surface area contributed by atoms with Crippen LogP contribution in [0.15, 0.2) is 23.3 Å². The summed E-state index contributed by atoms with van der Waals surface area (Å²) in [5.41, 5.74) is 1.06. The van der Waals surface area contributed by atoms with E-state index < -0.39 is 0 Å². The van der Waals surface area contributed by atoms with Crippen LogP contribution in [0.25, 0.3) is 0 Å². The van der Waals surface area contributed by atoms with Crippen LogP contribution in [0.3, 0.4) is 0 Å². The number of pyridine rings is 1. The second-order valence-electron chi connectivity index (χ2n) is 6.10. The van der Waals surface area contributed by atoms with Crippen LogP contribution in [0.4, 0.5) is 0 Å². The number of carbonyl (C=O) groups excluding carboxylic acids is 1. The molecule has 1 atom stereocenters. The third-order valence-electron chi connectivity index (χ3n) is 4.12. The van der Waals surface area contributed by atoms with Gasteiger partial charge in [-0.05, 0) is 18.4 Å². The molecule has 0 radical (unpaired) electrons. The van der Waals surface area contributed by atoms with Crippen molar-refractivity contribution in [1.82, 2.24) is 20.5 Å². The molecule has 1 aromatic rings. The smallest absolute Gasteiger partial charge is 0.222 e. The maximum absolute atomic E-state index is 11.8. The zero-order valence-corrected chi connectivity index (χ0v) is 15.4. The van der Waals surface area contributed by atoms with Crippen molar-refractivity contribution >= 4 is 11.9 Å². The Morgan fingerprint density at radius 2 is 2.28 bits per heavy atom. The van der Waals surface area contributed by atoms with Crippen molar-refractivity contribution in [2.75, 3.05) is 26.7 Å². The average molecular weight is 347 g/mol. The highest BCUT2D eigenvalue weighted by Crippen LogP contribution is 2.11. The van der Waals surface area contributed by atoms with Gasteiger partial charge in [0, 0.05) is 51.4 Å². The summed E-state index contributed by atoms with van der Waals surface area (Å²) in [5.74, 6) is 1.60. The predicted octanol–water partition coefficient (Wildman–Crippen LogP) is 1.55. The van der Waals surface area contributed by atoms with Crippen LogP contribution in [-0.4, -0.2) is 54.5 Å². The molecule has 1 saturated heterocycles. The Bertz CT molecular complexity index is 573. The summed E-state index contributed by atoms with van der Waals surface area (Å²) in [6, 6.07) is 4.12. The second-order valence-corrected chi connectivity index (χ2v) is 6.10. The number of carbonyl (C=O) groups is 1. The van der Waals surface area contributed by atoms with Gasteiger partial charge in [0.2, 0.25) is 11.8 Å². The van der Waals surface area contributed by atoms with Gasteiger partial charge in [-0.15, -0.1) is 0 Å². The number of likely N-dealkylation sites (tertiary alicyclic amines) is 1. The van der Waals surface area contributed by atoms with Gasteiger partial charge >= 0.3 is 0 Å². The van der Waals surface area contributed by atoms with Crippen LogP contribution in [0.1, 0.15) is 38.7 Å².